The number of nitrogens with zero attached hydrogens (tertiary/aromatic N) is 2. The summed E-state index contributed by atoms with van der Waals surface area (Å²) in [7, 11) is 1.70. The van der Waals surface area contributed by atoms with Crippen LogP contribution < -0.4 is 10.6 Å². The van der Waals surface area contributed by atoms with Crippen molar-refractivity contribution in [2.24, 2.45) is 0 Å². The van der Waals surface area contributed by atoms with Crippen LogP contribution in [0.2, 0.25) is 5.02 Å². The minimum absolute atomic E-state index is 0.0935. The van der Waals surface area contributed by atoms with Crippen LogP contribution in [0.4, 0.5) is 11.4 Å². The number of likely N-dealkylation sites (N-methyl/N-ethyl adjacent to an activating group) is 1. The number of anilines is 2. The third kappa shape index (κ3) is 6.06. The Bertz CT molecular complexity index is 679. The number of halogens is 1. The SMILES string of the molecule is CN(CC(=O)Nc1ccncc1)CC(=O)Nc1cccc(Cl)c1. The number of hydrogen-bond acceptors (Lipinski definition) is 4. The Morgan fingerprint density at radius 3 is 2.26 bits per heavy atom. The normalized spacial score (nSPS) is 10.4. The summed E-state index contributed by atoms with van der Waals surface area (Å²) in [6, 6.07) is 10.3. The molecule has 120 valence electrons. The molecule has 2 amide bonds. The summed E-state index contributed by atoms with van der Waals surface area (Å²) < 4.78 is 0. The molecule has 23 heavy (non-hydrogen) atoms. The summed E-state index contributed by atoms with van der Waals surface area (Å²) in [6.45, 7) is 0.196. The van der Waals surface area contributed by atoms with Crippen molar-refractivity contribution in [2.75, 3.05) is 30.8 Å². The van der Waals surface area contributed by atoms with Crippen molar-refractivity contribution in [1.29, 1.82) is 0 Å². The Labute approximate surface area is 139 Å². The molecular formula is C16H17ClN4O2. The maximum Gasteiger partial charge on any atom is 0.238 e. The number of rotatable bonds is 6. The minimum Gasteiger partial charge on any atom is -0.325 e. The number of nitrogens with one attached hydrogen (secondary N) is 2. The number of amides is 2. The first kappa shape index (κ1) is 16.9. The third-order valence-corrected chi connectivity index (χ3v) is 3.13. The summed E-state index contributed by atoms with van der Waals surface area (Å²) in [6.07, 6.45) is 3.19. The number of carbonyl (C=O) groups is 2. The summed E-state index contributed by atoms with van der Waals surface area (Å²) in [5.41, 5.74) is 1.29. The third-order valence-electron chi connectivity index (χ3n) is 2.90. The van der Waals surface area contributed by atoms with Crippen LogP contribution in [0.15, 0.2) is 48.8 Å². The van der Waals surface area contributed by atoms with Gasteiger partial charge in [-0.15, -0.1) is 0 Å². The molecule has 0 aliphatic carbocycles. The van der Waals surface area contributed by atoms with Crippen molar-refractivity contribution in [3.8, 4) is 0 Å². The maximum atomic E-state index is 11.9. The van der Waals surface area contributed by atoms with Crippen LogP contribution in [0.25, 0.3) is 0 Å². The fourth-order valence-electron chi connectivity index (χ4n) is 1.95. The Kier molecular flexibility index (Phi) is 6.08. The first-order valence-corrected chi connectivity index (χ1v) is 7.34. The van der Waals surface area contributed by atoms with Gasteiger partial charge in [0, 0.05) is 28.8 Å². The van der Waals surface area contributed by atoms with E-state index in [0.717, 1.165) is 0 Å². The molecule has 0 fully saturated rings. The molecule has 0 spiro atoms. The van der Waals surface area contributed by atoms with E-state index in [1.807, 2.05) is 0 Å². The molecular weight excluding hydrogens is 316 g/mol. The molecule has 0 saturated carbocycles. The lowest BCUT2D eigenvalue weighted by Crippen LogP contribution is -2.36. The molecule has 2 N–H and O–H groups in total. The second kappa shape index (κ2) is 8.26. The number of pyridine rings is 1. The van der Waals surface area contributed by atoms with E-state index in [2.05, 4.69) is 15.6 Å². The highest BCUT2D eigenvalue weighted by Gasteiger charge is 2.11. The molecule has 1 aromatic heterocycles. The molecule has 0 aliphatic rings. The predicted octanol–water partition coefficient (Wildman–Crippen LogP) is 2.24. The molecule has 2 rings (SSSR count). The van der Waals surface area contributed by atoms with Gasteiger partial charge < -0.3 is 10.6 Å². The maximum absolute atomic E-state index is 11.9. The molecule has 0 saturated heterocycles. The summed E-state index contributed by atoms with van der Waals surface area (Å²) in [4.78, 5) is 29.3. The Balaban J connectivity index is 1.78. The topological polar surface area (TPSA) is 74.3 Å². The number of aromatic nitrogens is 1. The van der Waals surface area contributed by atoms with Crippen LogP contribution in [0.1, 0.15) is 0 Å². The van der Waals surface area contributed by atoms with Crippen molar-refractivity contribution in [3.63, 3.8) is 0 Å². The Hall–Kier alpha value is -2.44. The van der Waals surface area contributed by atoms with E-state index >= 15 is 0 Å². The highest BCUT2D eigenvalue weighted by atomic mass is 35.5. The van der Waals surface area contributed by atoms with E-state index < -0.39 is 0 Å². The van der Waals surface area contributed by atoms with Crippen LogP contribution in [0.3, 0.4) is 0 Å². The van der Waals surface area contributed by atoms with Gasteiger partial charge in [0.1, 0.15) is 0 Å². The quantitative estimate of drug-likeness (QED) is 0.850. The lowest BCUT2D eigenvalue weighted by atomic mass is 10.3. The molecule has 0 bridgehead atoms. The molecule has 6 nitrogen and oxygen atoms in total. The average molecular weight is 333 g/mol. The van der Waals surface area contributed by atoms with Crippen molar-refractivity contribution in [1.82, 2.24) is 9.88 Å². The summed E-state index contributed by atoms with van der Waals surface area (Å²) in [5.74, 6) is -0.416. The molecule has 7 heteroatoms. The van der Waals surface area contributed by atoms with Gasteiger partial charge in [0.05, 0.1) is 13.1 Å². The predicted molar refractivity (Wildman–Crippen MR) is 90.4 cm³/mol. The van der Waals surface area contributed by atoms with Gasteiger partial charge in [0.2, 0.25) is 11.8 Å². The van der Waals surface area contributed by atoms with E-state index in [9.17, 15) is 9.59 Å². The highest BCUT2D eigenvalue weighted by molar-refractivity contribution is 6.30. The van der Waals surface area contributed by atoms with Gasteiger partial charge >= 0.3 is 0 Å². The standard InChI is InChI=1S/C16H17ClN4O2/c1-21(10-15(22)19-13-5-7-18-8-6-13)11-16(23)20-14-4-2-3-12(17)9-14/h2-9H,10-11H2,1H3,(H,20,23)(H,18,19,22). The van der Waals surface area contributed by atoms with Crippen molar-refractivity contribution < 1.29 is 9.59 Å². The van der Waals surface area contributed by atoms with Crippen LogP contribution in [-0.4, -0.2) is 41.8 Å². The van der Waals surface area contributed by atoms with Gasteiger partial charge in [-0.05, 0) is 37.4 Å². The molecule has 2 aromatic rings. The van der Waals surface area contributed by atoms with Crippen LogP contribution in [0.5, 0.6) is 0 Å². The van der Waals surface area contributed by atoms with Gasteiger partial charge in [-0.2, -0.15) is 0 Å². The van der Waals surface area contributed by atoms with Gasteiger partial charge in [-0.25, -0.2) is 0 Å². The van der Waals surface area contributed by atoms with Crippen LogP contribution in [-0.2, 0) is 9.59 Å². The lowest BCUT2D eigenvalue weighted by Gasteiger charge is -2.16. The zero-order valence-corrected chi connectivity index (χ0v) is 13.4. The van der Waals surface area contributed by atoms with Crippen molar-refractivity contribution in [3.05, 3.63) is 53.8 Å². The van der Waals surface area contributed by atoms with E-state index in [-0.39, 0.29) is 24.9 Å². The second-order valence-electron chi connectivity index (χ2n) is 5.01. The van der Waals surface area contributed by atoms with E-state index in [0.29, 0.717) is 16.4 Å². The molecule has 0 atom stereocenters. The van der Waals surface area contributed by atoms with Gasteiger partial charge in [0.25, 0.3) is 0 Å². The summed E-state index contributed by atoms with van der Waals surface area (Å²) >= 11 is 5.86. The smallest absolute Gasteiger partial charge is 0.238 e. The van der Waals surface area contributed by atoms with Gasteiger partial charge in [-0.3, -0.25) is 19.5 Å². The van der Waals surface area contributed by atoms with E-state index in [1.54, 1.807) is 60.7 Å². The first-order valence-electron chi connectivity index (χ1n) is 6.97. The molecule has 0 aliphatic heterocycles. The fourth-order valence-corrected chi connectivity index (χ4v) is 2.14. The summed E-state index contributed by atoms with van der Waals surface area (Å²) in [5, 5.41) is 6.01. The van der Waals surface area contributed by atoms with Crippen molar-refractivity contribution in [2.45, 2.75) is 0 Å². The largest absolute Gasteiger partial charge is 0.325 e. The molecule has 0 radical (unpaired) electrons. The lowest BCUT2D eigenvalue weighted by molar-refractivity contribution is -0.119. The first-order chi connectivity index (χ1) is 11.0. The van der Waals surface area contributed by atoms with Crippen molar-refractivity contribution >= 4 is 34.8 Å². The fraction of sp³-hybridized carbons (Fsp3) is 0.188. The average Bonchev–Trinajstić information content (AvgIpc) is 2.47. The molecule has 1 aromatic carbocycles. The Morgan fingerprint density at radius 1 is 1.04 bits per heavy atom. The number of benzene rings is 1. The minimum atomic E-state index is -0.216. The van der Waals surface area contributed by atoms with Crippen LogP contribution >= 0.6 is 11.6 Å². The molecule has 0 unspecified atom stereocenters. The van der Waals surface area contributed by atoms with Crippen LogP contribution in [0, 0.1) is 0 Å². The van der Waals surface area contributed by atoms with E-state index in [4.69, 9.17) is 11.6 Å². The Morgan fingerprint density at radius 2 is 1.65 bits per heavy atom. The number of hydrogen-bond donors (Lipinski definition) is 2. The zero-order valence-electron chi connectivity index (χ0n) is 12.6. The van der Waals surface area contributed by atoms with Gasteiger partial charge in [-0.1, -0.05) is 17.7 Å². The molecule has 1 heterocycles. The monoisotopic (exact) mass is 332 g/mol. The second-order valence-corrected chi connectivity index (χ2v) is 5.45. The zero-order chi connectivity index (χ0) is 16.7. The number of carbonyl (C=O) groups excluding carboxylic acids is 2. The van der Waals surface area contributed by atoms with E-state index in [1.165, 1.54) is 0 Å². The van der Waals surface area contributed by atoms with Gasteiger partial charge in [0.15, 0.2) is 0 Å². The highest BCUT2D eigenvalue weighted by Crippen LogP contribution is 2.14.